The number of anilines is 2. The Morgan fingerprint density at radius 3 is 2.26 bits per heavy atom. The van der Waals surface area contributed by atoms with Crippen molar-refractivity contribution in [2.75, 3.05) is 11.9 Å². The van der Waals surface area contributed by atoms with Gasteiger partial charge < -0.3 is 15.2 Å². The molecule has 0 aliphatic heterocycles. The molecular weight excluding hydrogens is 359 g/mol. The Kier molecular flexibility index (Phi) is 4.93. The number of hydrogen-bond donors (Lipinski definition) is 4. The van der Waals surface area contributed by atoms with Gasteiger partial charge in [-0.05, 0) is 49.2 Å². The number of rotatable bonds is 5. The standard InChI is InChI=1S/C19H18F3N3O2/c20-19(21,22)12-5-7-13(8-6-12)25-15-4-2-1-3-14(15)16(23)27-17(24)18(11-26)9-10-18/h1-8,23-26H,9-11H2. The lowest BCUT2D eigenvalue weighted by Gasteiger charge is -2.17. The fourth-order valence-corrected chi connectivity index (χ4v) is 2.56. The van der Waals surface area contributed by atoms with E-state index in [1.165, 1.54) is 12.1 Å². The summed E-state index contributed by atoms with van der Waals surface area (Å²) < 4.78 is 43.3. The van der Waals surface area contributed by atoms with Crippen LogP contribution in [0.2, 0.25) is 0 Å². The molecule has 142 valence electrons. The molecule has 3 rings (SSSR count). The van der Waals surface area contributed by atoms with E-state index in [4.69, 9.17) is 15.6 Å². The summed E-state index contributed by atoms with van der Waals surface area (Å²) >= 11 is 0. The summed E-state index contributed by atoms with van der Waals surface area (Å²) in [5.74, 6) is -0.422. The highest BCUT2D eigenvalue weighted by Gasteiger charge is 2.48. The van der Waals surface area contributed by atoms with Gasteiger partial charge in [-0.1, -0.05) is 12.1 Å². The smallest absolute Gasteiger partial charge is 0.416 e. The minimum Gasteiger partial charge on any atom is -0.424 e. The van der Waals surface area contributed by atoms with Gasteiger partial charge in [0.25, 0.3) is 0 Å². The van der Waals surface area contributed by atoms with Gasteiger partial charge in [0.2, 0.25) is 5.90 Å². The molecule has 0 heterocycles. The maximum atomic E-state index is 12.7. The molecule has 1 saturated carbocycles. The third-order valence-corrected chi connectivity index (χ3v) is 4.50. The molecule has 0 amide bonds. The number of halogens is 3. The lowest BCUT2D eigenvalue weighted by molar-refractivity contribution is -0.137. The van der Waals surface area contributed by atoms with Gasteiger partial charge in [-0.2, -0.15) is 13.2 Å². The zero-order valence-electron chi connectivity index (χ0n) is 14.2. The Hall–Kier alpha value is -2.87. The van der Waals surface area contributed by atoms with Crippen LogP contribution in [-0.4, -0.2) is 23.5 Å². The van der Waals surface area contributed by atoms with E-state index in [2.05, 4.69) is 5.32 Å². The van der Waals surface area contributed by atoms with Gasteiger partial charge in [0.1, 0.15) is 0 Å². The van der Waals surface area contributed by atoms with E-state index in [-0.39, 0.29) is 18.4 Å². The SMILES string of the molecule is N=C(OC(=N)C1(CO)CC1)c1ccccc1Nc1ccc(C(F)(F)F)cc1. The van der Waals surface area contributed by atoms with E-state index >= 15 is 0 Å². The topological polar surface area (TPSA) is 89.2 Å². The highest BCUT2D eigenvalue weighted by molar-refractivity contribution is 6.05. The van der Waals surface area contributed by atoms with Crippen LogP contribution in [0.5, 0.6) is 0 Å². The van der Waals surface area contributed by atoms with Crippen LogP contribution in [0.3, 0.4) is 0 Å². The third-order valence-electron chi connectivity index (χ3n) is 4.50. The maximum absolute atomic E-state index is 12.7. The predicted molar refractivity (Wildman–Crippen MR) is 95.6 cm³/mol. The minimum absolute atomic E-state index is 0.153. The van der Waals surface area contributed by atoms with Gasteiger partial charge in [0.05, 0.1) is 28.8 Å². The fourth-order valence-electron chi connectivity index (χ4n) is 2.56. The van der Waals surface area contributed by atoms with Crippen molar-refractivity contribution in [2.24, 2.45) is 5.41 Å². The molecule has 0 radical (unpaired) electrons. The monoisotopic (exact) mass is 377 g/mol. The number of alkyl halides is 3. The van der Waals surface area contributed by atoms with Gasteiger partial charge in [0.15, 0.2) is 5.90 Å². The average molecular weight is 377 g/mol. The zero-order chi connectivity index (χ0) is 19.7. The summed E-state index contributed by atoms with van der Waals surface area (Å²) in [6.07, 6.45) is -3.12. The summed E-state index contributed by atoms with van der Waals surface area (Å²) in [6.45, 7) is -0.204. The van der Waals surface area contributed by atoms with Gasteiger partial charge in [-0.25, -0.2) is 0 Å². The Morgan fingerprint density at radius 2 is 1.70 bits per heavy atom. The quantitative estimate of drug-likeness (QED) is 0.456. The zero-order valence-corrected chi connectivity index (χ0v) is 14.2. The van der Waals surface area contributed by atoms with Crippen molar-refractivity contribution in [3.8, 4) is 0 Å². The molecule has 8 heteroatoms. The summed E-state index contributed by atoms with van der Waals surface area (Å²) in [5.41, 5.74) is -0.195. The molecule has 2 aromatic rings. The van der Waals surface area contributed by atoms with E-state index in [0.29, 0.717) is 29.8 Å². The van der Waals surface area contributed by atoms with Crippen LogP contribution in [0.4, 0.5) is 24.5 Å². The van der Waals surface area contributed by atoms with Gasteiger partial charge in [0, 0.05) is 5.69 Å². The van der Waals surface area contributed by atoms with Crippen LogP contribution in [0.25, 0.3) is 0 Å². The van der Waals surface area contributed by atoms with Gasteiger partial charge >= 0.3 is 6.18 Å². The molecule has 0 atom stereocenters. The molecular formula is C19H18F3N3O2. The average Bonchev–Trinajstić information content (AvgIpc) is 3.43. The number of benzene rings is 2. The highest BCUT2D eigenvalue weighted by Crippen LogP contribution is 2.46. The van der Waals surface area contributed by atoms with Crippen molar-refractivity contribution in [1.29, 1.82) is 10.8 Å². The highest BCUT2D eigenvalue weighted by atomic mass is 19.4. The van der Waals surface area contributed by atoms with E-state index in [0.717, 1.165) is 12.1 Å². The number of aliphatic hydroxyl groups is 1. The van der Waals surface area contributed by atoms with Crippen LogP contribution in [0.15, 0.2) is 48.5 Å². The second-order valence-corrected chi connectivity index (χ2v) is 6.44. The van der Waals surface area contributed by atoms with Crippen LogP contribution < -0.4 is 5.32 Å². The Morgan fingerprint density at radius 1 is 1.07 bits per heavy atom. The normalized spacial score (nSPS) is 15.1. The van der Waals surface area contributed by atoms with Crippen molar-refractivity contribution in [3.63, 3.8) is 0 Å². The summed E-state index contributed by atoms with van der Waals surface area (Å²) in [7, 11) is 0. The summed E-state index contributed by atoms with van der Waals surface area (Å²) in [6, 6.07) is 11.2. The molecule has 0 aromatic heterocycles. The molecule has 27 heavy (non-hydrogen) atoms. The largest absolute Gasteiger partial charge is 0.424 e. The van der Waals surface area contributed by atoms with E-state index in [9.17, 15) is 18.3 Å². The predicted octanol–water partition coefficient (Wildman–Crippen LogP) is 4.54. The molecule has 2 aromatic carbocycles. The molecule has 1 fully saturated rings. The third kappa shape index (κ3) is 4.11. The van der Waals surface area contributed by atoms with Gasteiger partial charge in [-0.15, -0.1) is 0 Å². The summed E-state index contributed by atoms with van der Waals surface area (Å²) in [4.78, 5) is 0. The first-order chi connectivity index (χ1) is 12.7. The van der Waals surface area contributed by atoms with Gasteiger partial charge in [-0.3, -0.25) is 10.8 Å². The first-order valence-corrected chi connectivity index (χ1v) is 8.25. The minimum atomic E-state index is -4.40. The van der Waals surface area contributed by atoms with Crippen LogP contribution in [0.1, 0.15) is 24.0 Å². The van der Waals surface area contributed by atoms with Crippen molar-refractivity contribution >= 4 is 23.2 Å². The number of para-hydroxylation sites is 1. The van der Waals surface area contributed by atoms with Crippen molar-refractivity contribution in [3.05, 3.63) is 59.7 Å². The van der Waals surface area contributed by atoms with Crippen molar-refractivity contribution < 1.29 is 23.0 Å². The fraction of sp³-hybridized carbons (Fsp3) is 0.263. The van der Waals surface area contributed by atoms with Crippen LogP contribution in [0, 0.1) is 16.2 Å². The molecule has 0 unspecified atom stereocenters. The van der Waals surface area contributed by atoms with Crippen molar-refractivity contribution in [2.45, 2.75) is 19.0 Å². The van der Waals surface area contributed by atoms with E-state index < -0.39 is 17.2 Å². The number of aliphatic hydroxyl groups excluding tert-OH is 1. The van der Waals surface area contributed by atoms with E-state index in [1.807, 2.05) is 0 Å². The lowest BCUT2D eigenvalue weighted by atomic mass is 10.1. The van der Waals surface area contributed by atoms with E-state index in [1.54, 1.807) is 24.3 Å². The number of hydrogen-bond acceptors (Lipinski definition) is 5. The van der Waals surface area contributed by atoms with Crippen LogP contribution in [-0.2, 0) is 10.9 Å². The first kappa shape index (κ1) is 18.9. The molecule has 0 spiro atoms. The Labute approximate surface area is 153 Å². The second-order valence-electron chi connectivity index (χ2n) is 6.44. The summed E-state index contributed by atoms with van der Waals surface area (Å²) in [5, 5.41) is 28.4. The van der Waals surface area contributed by atoms with Crippen molar-refractivity contribution in [1.82, 2.24) is 0 Å². The molecule has 0 saturated heterocycles. The Balaban J connectivity index is 1.76. The number of nitrogens with one attached hydrogen (secondary N) is 3. The van der Waals surface area contributed by atoms with Crippen LogP contribution >= 0.6 is 0 Å². The number of ether oxygens (including phenoxy) is 1. The molecule has 0 bridgehead atoms. The maximum Gasteiger partial charge on any atom is 0.416 e. The molecule has 4 N–H and O–H groups in total. The lowest BCUT2D eigenvalue weighted by Crippen LogP contribution is -2.25. The Bertz CT molecular complexity index is 859. The molecule has 1 aliphatic carbocycles. The second kappa shape index (κ2) is 7.03. The first-order valence-electron chi connectivity index (χ1n) is 8.25. The molecule has 1 aliphatic rings. The molecule has 5 nitrogen and oxygen atoms in total.